The van der Waals surface area contributed by atoms with Gasteiger partial charge in [0.1, 0.15) is 0 Å². The summed E-state index contributed by atoms with van der Waals surface area (Å²) in [5.74, 6) is 0.865. The van der Waals surface area contributed by atoms with E-state index < -0.39 is 0 Å². The average molecular weight is 168 g/mol. The Morgan fingerprint density at radius 3 is 2.92 bits per heavy atom. The van der Waals surface area contributed by atoms with Crippen LogP contribution >= 0.6 is 0 Å². The molecule has 0 amide bonds. The highest BCUT2D eigenvalue weighted by molar-refractivity contribution is 5.03. The SMILES string of the molecule is CN1CCCC2(CC1)CC2CN. The highest BCUT2D eigenvalue weighted by atomic mass is 15.1. The van der Waals surface area contributed by atoms with Crippen LogP contribution in [0.15, 0.2) is 0 Å². The molecule has 2 rings (SSSR count). The topological polar surface area (TPSA) is 29.3 Å². The summed E-state index contributed by atoms with van der Waals surface area (Å²) in [6, 6.07) is 0. The van der Waals surface area contributed by atoms with Crippen LogP contribution in [0.4, 0.5) is 0 Å². The third-order valence-electron chi connectivity index (χ3n) is 3.85. The molecule has 1 aliphatic carbocycles. The number of nitrogens with two attached hydrogens (primary N) is 1. The zero-order chi connectivity index (χ0) is 8.60. The van der Waals surface area contributed by atoms with Crippen LogP contribution in [-0.2, 0) is 0 Å². The van der Waals surface area contributed by atoms with Crippen LogP contribution in [0.2, 0.25) is 0 Å². The first-order valence-corrected chi connectivity index (χ1v) is 5.15. The molecule has 2 fully saturated rings. The number of hydrogen-bond donors (Lipinski definition) is 1. The largest absolute Gasteiger partial charge is 0.330 e. The fraction of sp³-hybridized carbons (Fsp3) is 1.00. The molecule has 2 atom stereocenters. The van der Waals surface area contributed by atoms with E-state index in [2.05, 4.69) is 11.9 Å². The van der Waals surface area contributed by atoms with E-state index >= 15 is 0 Å². The molecular weight excluding hydrogens is 148 g/mol. The molecular formula is C10H20N2. The van der Waals surface area contributed by atoms with E-state index in [4.69, 9.17) is 5.73 Å². The molecule has 2 aliphatic rings. The van der Waals surface area contributed by atoms with Crippen molar-refractivity contribution in [3.05, 3.63) is 0 Å². The highest BCUT2D eigenvalue weighted by Gasteiger charge is 2.52. The maximum Gasteiger partial charge on any atom is -0.00164 e. The molecule has 2 nitrogen and oxygen atoms in total. The summed E-state index contributed by atoms with van der Waals surface area (Å²) in [4.78, 5) is 2.46. The van der Waals surface area contributed by atoms with E-state index in [1.54, 1.807) is 0 Å². The summed E-state index contributed by atoms with van der Waals surface area (Å²) >= 11 is 0. The molecule has 2 N–H and O–H groups in total. The second-order valence-corrected chi connectivity index (χ2v) is 4.66. The van der Waals surface area contributed by atoms with Gasteiger partial charge in [0.15, 0.2) is 0 Å². The minimum absolute atomic E-state index is 0.694. The van der Waals surface area contributed by atoms with Gasteiger partial charge in [-0.05, 0) is 63.7 Å². The Labute approximate surface area is 75.1 Å². The van der Waals surface area contributed by atoms with Crippen LogP contribution in [0.5, 0.6) is 0 Å². The zero-order valence-corrected chi connectivity index (χ0v) is 8.05. The van der Waals surface area contributed by atoms with Crippen LogP contribution in [-0.4, -0.2) is 31.6 Å². The van der Waals surface area contributed by atoms with Crippen LogP contribution in [0.25, 0.3) is 0 Å². The van der Waals surface area contributed by atoms with E-state index in [-0.39, 0.29) is 0 Å². The molecule has 0 aromatic rings. The lowest BCUT2D eigenvalue weighted by Crippen LogP contribution is -2.19. The summed E-state index contributed by atoms with van der Waals surface area (Å²) in [5.41, 5.74) is 6.41. The molecule has 1 saturated carbocycles. The van der Waals surface area contributed by atoms with E-state index in [0.29, 0.717) is 5.41 Å². The van der Waals surface area contributed by atoms with Gasteiger partial charge in [-0.25, -0.2) is 0 Å². The first-order valence-electron chi connectivity index (χ1n) is 5.15. The maximum atomic E-state index is 5.71. The second kappa shape index (κ2) is 3.00. The van der Waals surface area contributed by atoms with Gasteiger partial charge >= 0.3 is 0 Å². The van der Waals surface area contributed by atoms with Gasteiger partial charge in [0, 0.05) is 0 Å². The molecule has 2 heteroatoms. The van der Waals surface area contributed by atoms with Gasteiger partial charge in [-0.1, -0.05) is 0 Å². The molecule has 1 aliphatic heterocycles. The Hall–Kier alpha value is -0.0800. The summed E-state index contributed by atoms with van der Waals surface area (Å²) in [6.45, 7) is 3.50. The van der Waals surface area contributed by atoms with Crippen LogP contribution in [0.1, 0.15) is 25.7 Å². The maximum absolute atomic E-state index is 5.71. The summed E-state index contributed by atoms with van der Waals surface area (Å²) < 4.78 is 0. The van der Waals surface area contributed by atoms with E-state index in [0.717, 1.165) is 12.5 Å². The quantitative estimate of drug-likeness (QED) is 0.634. The van der Waals surface area contributed by atoms with Crippen molar-refractivity contribution in [2.24, 2.45) is 17.1 Å². The number of nitrogens with zero attached hydrogens (tertiary/aromatic N) is 1. The fourth-order valence-corrected chi connectivity index (χ4v) is 2.73. The van der Waals surface area contributed by atoms with Crippen molar-refractivity contribution in [1.29, 1.82) is 0 Å². The molecule has 1 spiro atoms. The van der Waals surface area contributed by atoms with Gasteiger partial charge in [0.2, 0.25) is 0 Å². The average Bonchev–Trinajstić information content (AvgIpc) is 2.79. The van der Waals surface area contributed by atoms with Gasteiger partial charge in [-0.2, -0.15) is 0 Å². The zero-order valence-electron chi connectivity index (χ0n) is 8.05. The molecule has 1 saturated heterocycles. The van der Waals surface area contributed by atoms with Crippen molar-refractivity contribution in [2.45, 2.75) is 25.7 Å². The molecule has 0 aromatic heterocycles. The predicted molar refractivity (Wildman–Crippen MR) is 50.9 cm³/mol. The Bertz CT molecular complexity index is 169. The fourth-order valence-electron chi connectivity index (χ4n) is 2.73. The minimum atomic E-state index is 0.694. The lowest BCUT2D eigenvalue weighted by molar-refractivity contribution is 0.332. The van der Waals surface area contributed by atoms with Gasteiger partial charge in [0.05, 0.1) is 0 Å². The Balaban J connectivity index is 1.92. The third-order valence-corrected chi connectivity index (χ3v) is 3.85. The van der Waals surface area contributed by atoms with Crippen LogP contribution in [0, 0.1) is 11.3 Å². The Kier molecular flexibility index (Phi) is 2.13. The molecule has 0 radical (unpaired) electrons. The van der Waals surface area contributed by atoms with Gasteiger partial charge in [-0.15, -0.1) is 0 Å². The lowest BCUT2D eigenvalue weighted by Gasteiger charge is -2.14. The van der Waals surface area contributed by atoms with Crippen molar-refractivity contribution in [1.82, 2.24) is 4.90 Å². The molecule has 12 heavy (non-hydrogen) atoms. The molecule has 0 aromatic carbocycles. The first-order chi connectivity index (χ1) is 5.77. The van der Waals surface area contributed by atoms with Gasteiger partial charge in [-0.3, -0.25) is 0 Å². The molecule has 1 heterocycles. The van der Waals surface area contributed by atoms with Crippen LogP contribution < -0.4 is 5.73 Å². The predicted octanol–water partition coefficient (Wildman–Crippen LogP) is 1.07. The first kappa shape index (κ1) is 8.52. The van der Waals surface area contributed by atoms with E-state index in [1.807, 2.05) is 0 Å². The highest BCUT2D eigenvalue weighted by Crippen LogP contribution is 2.58. The van der Waals surface area contributed by atoms with Crippen molar-refractivity contribution in [3.8, 4) is 0 Å². The van der Waals surface area contributed by atoms with Crippen molar-refractivity contribution >= 4 is 0 Å². The van der Waals surface area contributed by atoms with Gasteiger partial charge < -0.3 is 10.6 Å². The van der Waals surface area contributed by atoms with Crippen LogP contribution in [0.3, 0.4) is 0 Å². The number of rotatable bonds is 1. The molecule has 2 unspecified atom stereocenters. The Morgan fingerprint density at radius 2 is 2.25 bits per heavy atom. The monoisotopic (exact) mass is 168 g/mol. The molecule has 0 bridgehead atoms. The smallest absolute Gasteiger partial charge is 0.00164 e. The number of hydrogen-bond acceptors (Lipinski definition) is 2. The standard InChI is InChI=1S/C10H20N2/c1-12-5-2-3-10(4-6-12)7-9(10)8-11/h9H,2-8,11H2,1H3. The van der Waals surface area contributed by atoms with E-state index in [1.165, 1.54) is 38.8 Å². The Morgan fingerprint density at radius 1 is 1.42 bits per heavy atom. The van der Waals surface area contributed by atoms with E-state index in [9.17, 15) is 0 Å². The number of likely N-dealkylation sites (tertiary alicyclic amines) is 1. The third kappa shape index (κ3) is 1.38. The van der Waals surface area contributed by atoms with Gasteiger partial charge in [0.25, 0.3) is 0 Å². The molecule has 70 valence electrons. The van der Waals surface area contributed by atoms with Crippen molar-refractivity contribution < 1.29 is 0 Å². The van der Waals surface area contributed by atoms with Crippen molar-refractivity contribution in [2.75, 3.05) is 26.7 Å². The normalized spacial score (nSPS) is 43.0. The lowest BCUT2D eigenvalue weighted by atomic mass is 9.94. The summed E-state index contributed by atoms with van der Waals surface area (Å²) in [5, 5.41) is 0. The second-order valence-electron chi connectivity index (χ2n) is 4.66. The summed E-state index contributed by atoms with van der Waals surface area (Å²) in [6.07, 6.45) is 5.62. The minimum Gasteiger partial charge on any atom is -0.330 e. The van der Waals surface area contributed by atoms with Crippen molar-refractivity contribution in [3.63, 3.8) is 0 Å². The summed E-state index contributed by atoms with van der Waals surface area (Å²) in [7, 11) is 2.23.